The Labute approximate surface area is 150 Å². The van der Waals surface area contributed by atoms with Gasteiger partial charge in [-0.05, 0) is 54.8 Å². The summed E-state index contributed by atoms with van der Waals surface area (Å²) in [6, 6.07) is 10.0. The smallest absolute Gasteiger partial charge is 0.263 e. The van der Waals surface area contributed by atoms with Crippen LogP contribution in [0.3, 0.4) is 0 Å². The van der Waals surface area contributed by atoms with Crippen molar-refractivity contribution in [1.82, 2.24) is 15.1 Å². The molecule has 1 heterocycles. The van der Waals surface area contributed by atoms with Gasteiger partial charge in [0.1, 0.15) is 0 Å². The molecule has 1 aromatic carbocycles. The summed E-state index contributed by atoms with van der Waals surface area (Å²) in [7, 11) is 0. The minimum Gasteiger partial charge on any atom is -0.460 e. The highest BCUT2D eigenvalue weighted by molar-refractivity contribution is 9.10. The number of hydrogen-bond donors (Lipinski definition) is 1. The van der Waals surface area contributed by atoms with Crippen LogP contribution in [0.25, 0.3) is 5.69 Å². The van der Waals surface area contributed by atoms with Crippen molar-refractivity contribution in [1.29, 1.82) is 0 Å². The number of halogens is 1. The van der Waals surface area contributed by atoms with Crippen molar-refractivity contribution in [3.63, 3.8) is 0 Å². The number of amides is 1. The normalized spacial score (nSPS) is 15.5. The van der Waals surface area contributed by atoms with Gasteiger partial charge in [-0.3, -0.25) is 4.79 Å². The van der Waals surface area contributed by atoms with E-state index in [2.05, 4.69) is 26.3 Å². The summed E-state index contributed by atoms with van der Waals surface area (Å²) >= 11 is 3.46. The molecule has 1 N–H and O–H groups in total. The second-order valence-electron chi connectivity index (χ2n) is 6.63. The number of carbonyl (C=O) groups is 1. The molecule has 1 amide bonds. The van der Waals surface area contributed by atoms with Gasteiger partial charge >= 0.3 is 0 Å². The Morgan fingerprint density at radius 1 is 1.29 bits per heavy atom. The lowest BCUT2D eigenvalue weighted by Gasteiger charge is -2.26. The second-order valence-corrected chi connectivity index (χ2v) is 7.48. The van der Waals surface area contributed by atoms with Crippen LogP contribution in [0.15, 0.2) is 41.0 Å². The quantitative estimate of drug-likeness (QED) is 0.841. The molecule has 128 valence electrons. The van der Waals surface area contributed by atoms with Crippen LogP contribution >= 0.6 is 15.9 Å². The van der Waals surface area contributed by atoms with Gasteiger partial charge in [0, 0.05) is 12.2 Å². The van der Waals surface area contributed by atoms with E-state index in [9.17, 15) is 4.79 Å². The molecular formula is C18H22BrN3O2. The summed E-state index contributed by atoms with van der Waals surface area (Å²) in [5.41, 5.74) is -0.0534. The van der Waals surface area contributed by atoms with Crippen molar-refractivity contribution in [2.24, 2.45) is 0 Å². The van der Waals surface area contributed by atoms with E-state index in [1.807, 2.05) is 36.5 Å². The molecule has 3 rings (SSSR count). The molecular weight excluding hydrogens is 370 g/mol. The minimum atomic E-state index is -0.985. The van der Waals surface area contributed by atoms with Crippen molar-refractivity contribution in [2.45, 2.75) is 51.2 Å². The van der Waals surface area contributed by atoms with Crippen LogP contribution in [-0.2, 0) is 4.79 Å². The number of rotatable bonds is 5. The summed E-state index contributed by atoms with van der Waals surface area (Å²) in [4.78, 5) is 12.5. The molecule has 24 heavy (non-hydrogen) atoms. The zero-order chi connectivity index (χ0) is 17.2. The summed E-state index contributed by atoms with van der Waals surface area (Å²) in [6.45, 7) is 3.54. The van der Waals surface area contributed by atoms with Crippen LogP contribution in [0.4, 0.5) is 0 Å². The van der Waals surface area contributed by atoms with Gasteiger partial charge in [0.2, 0.25) is 5.88 Å². The maximum absolute atomic E-state index is 12.5. The first-order valence-electron chi connectivity index (χ1n) is 8.26. The minimum absolute atomic E-state index is 0.101. The summed E-state index contributed by atoms with van der Waals surface area (Å²) < 4.78 is 8.36. The second kappa shape index (κ2) is 6.97. The number of nitrogens with one attached hydrogen (secondary N) is 1. The summed E-state index contributed by atoms with van der Waals surface area (Å²) in [5, 5.41) is 7.53. The van der Waals surface area contributed by atoms with Crippen molar-refractivity contribution in [2.75, 3.05) is 0 Å². The largest absolute Gasteiger partial charge is 0.460 e. The van der Waals surface area contributed by atoms with Crippen LogP contribution in [0.2, 0.25) is 0 Å². The fourth-order valence-corrected chi connectivity index (χ4v) is 3.19. The highest BCUT2D eigenvalue weighted by Crippen LogP contribution is 2.28. The zero-order valence-corrected chi connectivity index (χ0v) is 15.5. The van der Waals surface area contributed by atoms with Gasteiger partial charge in [0.15, 0.2) is 5.60 Å². The van der Waals surface area contributed by atoms with Crippen molar-refractivity contribution in [3.05, 3.63) is 41.0 Å². The third-order valence-electron chi connectivity index (χ3n) is 4.25. The Balaban J connectivity index is 1.72. The molecule has 0 unspecified atom stereocenters. The van der Waals surface area contributed by atoms with E-state index in [0.717, 1.165) is 18.5 Å². The van der Waals surface area contributed by atoms with Crippen LogP contribution in [0, 0.1) is 0 Å². The fraction of sp³-hybridized carbons (Fsp3) is 0.444. The average Bonchev–Trinajstić information content (AvgIpc) is 3.18. The molecule has 1 aliphatic carbocycles. The molecule has 0 saturated heterocycles. The van der Waals surface area contributed by atoms with Crippen molar-refractivity contribution < 1.29 is 9.53 Å². The lowest BCUT2D eigenvalue weighted by Crippen LogP contribution is -2.49. The van der Waals surface area contributed by atoms with Gasteiger partial charge in [0.05, 0.1) is 10.2 Å². The lowest BCUT2D eigenvalue weighted by molar-refractivity contribution is -0.135. The van der Waals surface area contributed by atoms with Gasteiger partial charge in [0.25, 0.3) is 5.91 Å². The topological polar surface area (TPSA) is 56.2 Å². The lowest BCUT2D eigenvalue weighted by atomic mass is 10.1. The standard InChI is InChI=1S/C18H22BrN3O2/c1-18(2,17(23)20-13-8-6-7-9-13)24-16-15(19)12-22(21-16)14-10-4-3-5-11-14/h3-5,10-13H,6-9H2,1-2H3,(H,20,23). The van der Waals surface area contributed by atoms with E-state index in [4.69, 9.17) is 4.74 Å². The van der Waals surface area contributed by atoms with E-state index in [1.54, 1.807) is 18.5 Å². The predicted molar refractivity (Wildman–Crippen MR) is 96.4 cm³/mol. The molecule has 2 aromatic rings. The van der Waals surface area contributed by atoms with Crippen LogP contribution in [-0.4, -0.2) is 27.3 Å². The first kappa shape index (κ1) is 17.0. The number of para-hydroxylation sites is 1. The number of hydrogen-bond acceptors (Lipinski definition) is 3. The third-order valence-corrected chi connectivity index (χ3v) is 4.79. The van der Waals surface area contributed by atoms with E-state index >= 15 is 0 Å². The van der Waals surface area contributed by atoms with Crippen molar-refractivity contribution in [3.8, 4) is 11.6 Å². The van der Waals surface area contributed by atoms with Gasteiger partial charge < -0.3 is 10.1 Å². The van der Waals surface area contributed by atoms with E-state index in [-0.39, 0.29) is 11.9 Å². The molecule has 6 heteroatoms. The molecule has 1 aromatic heterocycles. The molecule has 5 nitrogen and oxygen atoms in total. The zero-order valence-electron chi connectivity index (χ0n) is 14.0. The van der Waals surface area contributed by atoms with Gasteiger partial charge in [-0.1, -0.05) is 31.0 Å². The Morgan fingerprint density at radius 3 is 2.62 bits per heavy atom. The number of carbonyl (C=O) groups excluding carboxylic acids is 1. The highest BCUT2D eigenvalue weighted by atomic mass is 79.9. The molecule has 1 aliphatic rings. The summed E-state index contributed by atoms with van der Waals surface area (Å²) in [6.07, 6.45) is 6.29. The third kappa shape index (κ3) is 3.80. The molecule has 1 fully saturated rings. The monoisotopic (exact) mass is 391 g/mol. The number of benzene rings is 1. The molecule has 1 saturated carbocycles. The first-order chi connectivity index (χ1) is 11.5. The maximum Gasteiger partial charge on any atom is 0.263 e. The average molecular weight is 392 g/mol. The van der Waals surface area contributed by atoms with Crippen molar-refractivity contribution >= 4 is 21.8 Å². The van der Waals surface area contributed by atoms with Gasteiger partial charge in [-0.15, -0.1) is 5.10 Å². The van der Waals surface area contributed by atoms with Gasteiger partial charge in [-0.2, -0.15) is 0 Å². The first-order valence-corrected chi connectivity index (χ1v) is 9.05. The highest BCUT2D eigenvalue weighted by Gasteiger charge is 2.33. The maximum atomic E-state index is 12.5. The molecule has 0 aliphatic heterocycles. The number of nitrogens with zero attached hydrogens (tertiary/aromatic N) is 2. The Bertz CT molecular complexity index is 706. The molecule has 0 radical (unpaired) electrons. The Morgan fingerprint density at radius 2 is 1.96 bits per heavy atom. The molecule has 0 spiro atoms. The van der Waals surface area contributed by atoms with E-state index < -0.39 is 5.60 Å². The van der Waals surface area contributed by atoms with Crippen LogP contribution in [0.5, 0.6) is 5.88 Å². The Kier molecular flexibility index (Phi) is 4.94. The van der Waals surface area contributed by atoms with E-state index in [1.165, 1.54) is 12.8 Å². The number of ether oxygens (including phenoxy) is 1. The predicted octanol–water partition coefficient (Wildman–Crippen LogP) is 3.85. The SMILES string of the molecule is CC(C)(Oc1nn(-c2ccccc2)cc1Br)C(=O)NC1CCCC1. The molecule has 0 atom stereocenters. The summed E-state index contributed by atoms with van der Waals surface area (Å²) in [5.74, 6) is 0.306. The van der Waals surface area contributed by atoms with Gasteiger partial charge in [-0.25, -0.2) is 4.68 Å². The van der Waals surface area contributed by atoms with E-state index in [0.29, 0.717) is 10.4 Å². The Hall–Kier alpha value is -1.82. The molecule has 0 bridgehead atoms. The van der Waals surface area contributed by atoms with Crippen LogP contribution in [0.1, 0.15) is 39.5 Å². The number of aromatic nitrogens is 2. The van der Waals surface area contributed by atoms with Crippen LogP contribution < -0.4 is 10.1 Å². The fourth-order valence-electron chi connectivity index (χ4n) is 2.84.